The molecule has 0 saturated heterocycles. The number of hydrogen-bond donors (Lipinski definition) is 3. The number of nitrogens with one attached hydrogen (secondary N) is 2. The van der Waals surface area contributed by atoms with Crippen molar-refractivity contribution in [2.45, 2.75) is 46.6 Å². The van der Waals surface area contributed by atoms with Crippen molar-refractivity contribution in [3.05, 3.63) is 0 Å². The average Bonchev–Trinajstić information content (AvgIpc) is 2.88. The second-order valence-corrected chi connectivity index (χ2v) is 6.27. The molecule has 1 rings (SSSR count). The molecule has 0 aromatic carbocycles. The summed E-state index contributed by atoms with van der Waals surface area (Å²) in [6.07, 6.45) is 2.24. The van der Waals surface area contributed by atoms with Crippen molar-refractivity contribution < 1.29 is 14.7 Å². The fraction of sp³-hybridized carbons (Fsp3) is 0.833. The number of hydrogen-bond acceptors (Lipinski definition) is 2. The van der Waals surface area contributed by atoms with Crippen molar-refractivity contribution in [3.63, 3.8) is 0 Å². The van der Waals surface area contributed by atoms with Crippen molar-refractivity contribution >= 4 is 12.0 Å². The topological polar surface area (TPSA) is 78.4 Å². The molecule has 1 aliphatic rings. The van der Waals surface area contributed by atoms with Gasteiger partial charge in [0, 0.05) is 6.54 Å². The quantitative estimate of drug-likeness (QED) is 0.700. The highest BCUT2D eigenvalue weighted by Gasteiger charge is 2.38. The summed E-state index contributed by atoms with van der Waals surface area (Å²) in [5, 5.41) is 14.3. The largest absolute Gasteiger partial charge is 0.480 e. The van der Waals surface area contributed by atoms with E-state index in [0.717, 1.165) is 12.8 Å². The molecule has 1 saturated carbocycles. The van der Waals surface area contributed by atoms with Crippen LogP contribution in [0.4, 0.5) is 4.79 Å². The van der Waals surface area contributed by atoms with Gasteiger partial charge in [0.05, 0.1) is 0 Å². The first kappa shape index (κ1) is 13.8. The Morgan fingerprint density at radius 2 is 1.88 bits per heavy atom. The van der Waals surface area contributed by atoms with Gasteiger partial charge in [0.1, 0.15) is 6.04 Å². The van der Waals surface area contributed by atoms with Gasteiger partial charge in [-0.15, -0.1) is 0 Å². The lowest BCUT2D eigenvalue weighted by atomic mass is 9.87. The predicted molar refractivity (Wildman–Crippen MR) is 64.8 cm³/mol. The molecule has 5 heteroatoms. The zero-order valence-electron chi connectivity index (χ0n) is 11.0. The van der Waals surface area contributed by atoms with Crippen molar-refractivity contribution in [2.75, 3.05) is 6.54 Å². The molecule has 0 radical (unpaired) electrons. The van der Waals surface area contributed by atoms with Gasteiger partial charge < -0.3 is 15.7 Å². The Balaban J connectivity index is 2.44. The van der Waals surface area contributed by atoms with E-state index >= 15 is 0 Å². The highest BCUT2D eigenvalue weighted by Crippen LogP contribution is 2.43. The number of carboxylic acids is 1. The normalized spacial score (nSPS) is 19.3. The number of carboxylic acid groups (broad SMARTS) is 1. The predicted octanol–water partition coefficient (Wildman–Crippen LogP) is 1.58. The lowest BCUT2D eigenvalue weighted by Gasteiger charge is -2.28. The van der Waals surface area contributed by atoms with Crippen molar-refractivity contribution in [1.29, 1.82) is 0 Å². The van der Waals surface area contributed by atoms with Gasteiger partial charge in [-0.05, 0) is 23.7 Å². The van der Waals surface area contributed by atoms with Crippen LogP contribution in [0.15, 0.2) is 0 Å². The molecule has 0 unspecified atom stereocenters. The Hall–Kier alpha value is -1.26. The Morgan fingerprint density at radius 3 is 2.24 bits per heavy atom. The van der Waals surface area contributed by atoms with Crippen LogP contribution in [0.3, 0.4) is 0 Å². The van der Waals surface area contributed by atoms with E-state index in [0.29, 0.717) is 6.54 Å². The molecule has 3 N–H and O–H groups in total. The Labute approximate surface area is 102 Å². The van der Waals surface area contributed by atoms with Gasteiger partial charge in [0.2, 0.25) is 0 Å². The zero-order valence-corrected chi connectivity index (χ0v) is 11.0. The monoisotopic (exact) mass is 242 g/mol. The fourth-order valence-corrected chi connectivity index (χ4v) is 1.51. The molecule has 1 fully saturated rings. The second kappa shape index (κ2) is 4.55. The molecule has 0 spiro atoms. The molecule has 2 amide bonds. The zero-order chi connectivity index (χ0) is 13.3. The third-order valence-electron chi connectivity index (χ3n) is 3.17. The third kappa shape index (κ3) is 4.24. The van der Waals surface area contributed by atoms with Crippen molar-refractivity contribution in [2.24, 2.45) is 10.8 Å². The molecule has 0 heterocycles. The van der Waals surface area contributed by atoms with E-state index in [1.807, 2.05) is 0 Å². The Bertz CT molecular complexity index is 316. The summed E-state index contributed by atoms with van der Waals surface area (Å²) >= 11 is 0. The van der Waals surface area contributed by atoms with Gasteiger partial charge in [-0.1, -0.05) is 27.7 Å². The Kier molecular flexibility index (Phi) is 3.69. The van der Waals surface area contributed by atoms with E-state index < -0.39 is 23.5 Å². The highest BCUT2D eigenvalue weighted by molar-refractivity contribution is 5.83. The van der Waals surface area contributed by atoms with Crippen LogP contribution in [0, 0.1) is 10.8 Å². The molecular weight excluding hydrogens is 220 g/mol. The van der Waals surface area contributed by atoms with Gasteiger partial charge in [0.15, 0.2) is 0 Å². The van der Waals surface area contributed by atoms with Crippen LogP contribution in [0.2, 0.25) is 0 Å². The first-order valence-corrected chi connectivity index (χ1v) is 5.91. The SMILES string of the molecule is CC1(CNC(=O)N[C@@H](C(=O)O)C(C)(C)C)CC1. The van der Waals surface area contributed by atoms with Crippen LogP contribution in [0.25, 0.3) is 0 Å². The van der Waals surface area contributed by atoms with Crippen molar-refractivity contribution in [1.82, 2.24) is 10.6 Å². The molecule has 5 nitrogen and oxygen atoms in total. The maximum absolute atomic E-state index is 11.6. The van der Waals surface area contributed by atoms with Gasteiger partial charge >= 0.3 is 12.0 Å². The maximum Gasteiger partial charge on any atom is 0.326 e. The van der Waals surface area contributed by atoms with E-state index in [-0.39, 0.29) is 5.41 Å². The molecule has 0 aromatic rings. The van der Waals surface area contributed by atoms with Crippen LogP contribution in [-0.4, -0.2) is 29.7 Å². The minimum absolute atomic E-state index is 0.220. The van der Waals surface area contributed by atoms with Gasteiger partial charge in [-0.2, -0.15) is 0 Å². The van der Waals surface area contributed by atoms with Gasteiger partial charge in [-0.25, -0.2) is 9.59 Å². The summed E-state index contributed by atoms with van der Waals surface area (Å²) in [6.45, 7) is 8.07. The highest BCUT2D eigenvalue weighted by atomic mass is 16.4. The molecular formula is C12H22N2O3. The van der Waals surface area contributed by atoms with Crippen LogP contribution < -0.4 is 10.6 Å². The minimum Gasteiger partial charge on any atom is -0.480 e. The molecule has 1 atom stereocenters. The summed E-state index contributed by atoms with van der Waals surface area (Å²) in [6, 6.07) is -1.28. The molecule has 17 heavy (non-hydrogen) atoms. The van der Waals surface area contributed by atoms with E-state index in [9.17, 15) is 9.59 Å². The second-order valence-electron chi connectivity index (χ2n) is 6.27. The van der Waals surface area contributed by atoms with Crippen molar-refractivity contribution in [3.8, 4) is 0 Å². The molecule has 0 aliphatic heterocycles. The molecule has 98 valence electrons. The first-order chi connectivity index (χ1) is 7.64. The lowest BCUT2D eigenvalue weighted by Crippen LogP contribution is -2.52. The minimum atomic E-state index is -1.01. The average molecular weight is 242 g/mol. The summed E-state index contributed by atoms with van der Waals surface area (Å²) < 4.78 is 0. The van der Waals surface area contributed by atoms with Crippen LogP contribution in [0.5, 0.6) is 0 Å². The Morgan fingerprint density at radius 1 is 1.35 bits per heavy atom. The first-order valence-electron chi connectivity index (χ1n) is 5.91. The number of carbonyl (C=O) groups excluding carboxylic acids is 1. The smallest absolute Gasteiger partial charge is 0.326 e. The van der Waals surface area contributed by atoms with Crippen LogP contribution in [-0.2, 0) is 4.79 Å². The summed E-state index contributed by atoms with van der Waals surface area (Å²) in [5.74, 6) is -1.01. The number of rotatable bonds is 4. The van der Waals surface area contributed by atoms with Crippen LogP contribution in [0.1, 0.15) is 40.5 Å². The number of aliphatic carboxylic acids is 1. The summed E-state index contributed by atoms with van der Waals surface area (Å²) in [5.41, 5.74) is -0.287. The number of amides is 2. The van der Waals surface area contributed by atoms with E-state index in [1.54, 1.807) is 20.8 Å². The van der Waals surface area contributed by atoms with Crippen LogP contribution >= 0.6 is 0 Å². The maximum atomic E-state index is 11.6. The van der Waals surface area contributed by atoms with E-state index in [4.69, 9.17) is 5.11 Å². The van der Waals surface area contributed by atoms with Gasteiger partial charge in [0.25, 0.3) is 0 Å². The fourth-order valence-electron chi connectivity index (χ4n) is 1.51. The lowest BCUT2D eigenvalue weighted by molar-refractivity contribution is -0.141. The van der Waals surface area contributed by atoms with E-state index in [2.05, 4.69) is 17.6 Å². The van der Waals surface area contributed by atoms with Gasteiger partial charge in [-0.3, -0.25) is 0 Å². The molecule has 0 aromatic heterocycles. The van der Waals surface area contributed by atoms with E-state index in [1.165, 1.54) is 0 Å². The number of carbonyl (C=O) groups is 2. The number of urea groups is 1. The standard InChI is InChI=1S/C12H22N2O3/c1-11(2,3)8(9(15)16)14-10(17)13-7-12(4)5-6-12/h8H,5-7H2,1-4H3,(H,15,16)(H2,13,14,17)/t8-/m0/s1. The summed E-state index contributed by atoms with van der Waals surface area (Å²) in [7, 11) is 0. The molecule has 0 bridgehead atoms. The molecule has 1 aliphatic carbocycles. The summed E-state index contributed by atoms with van der Waals surface area (Å²) in [4.78, 5) is 22.6. The third-order valence-corrected chi connectivity index (χ3v) is 3.17.